The largest absolute Gasteiger partial charge is 1.00 e. The van der Waals surface area contributed by atoms with Crippen molar-refractivity contribution in [2.45, 2.75) is 27.7 Å². The molecule has 0 heterocycles. The van der Waals surface area contributed by atoms with Gasteiger partial charge in [-0.3, -0.25) is 0 Å². The Hall–Kier alpha value is -3.94. The van der Waals surface area contributed by atoms with Crippen LogP contribution in [0.4, 0.5) is 87.8 Å². The Morgan fingerprint density at radius 3 is 0.446 bits per heavy atom. The van der Waals surface area contributed by atoms with Crippen molar-refractivity contribution >= 4 is 28.0 Å². The van der Waals surface area contributed by atoms with Gasteiger partial charge in [0.25, 0.3) is 0 Å². The van der Waals surface area contributed by atoms with Crippen molar-refractivity contribution in [1.29, 1.82) is 0 Å². The van der Waals surface area contributed by atoms with Crippen LogP contribution in [-0.4, -0.2) is 32.6 Å². The molecule has 4 rings (SSSR count). The number of benzene rings is 4. The van der Waals surface area contributed by atoms with Crippen LogP contribution in [0.25, 0.3) is 0 Å². The molecule has 0 fully saturated rings. The third kappa shape index (κ3) is 8.36. The minimum Gasteiger partial charge on any atom is -0.382 e. The van der Waals surface area contributed by atoms with Gasteiger partial charge in [0, 0.05) is 26.4 Å². The summed E-state index contributed by atoms with van der Waals surface area (Å²) >= 11 is 0. The van der Waals surface area contributed by atoms with Gasteiger partial charge in [0.1, 0.15) is 52.7 Å². The van der Waals surface area contributed by atoms with E-state index in [4.69, 9.17) is 9.47 Å². The zero-order valence-electron chi connectivity index (χ0n) is 28.8. The van der Waals surface area contributed by atoms with Gasteiger partial charge in [-0.1, -0.05) is 0 Å². The van der Waals surface area contributed by atoms with Crippen LogP contribution < -0.4 is 40.7 Å². The van der Waals surface area contributed by atoms with Crippen molar-refractivity contribution in [2.24, 2.45) is 0 Å². The third-order valence-electron chi connectivity index (χ3n) is 7.52. The molecule has 0 saturated heterocycles. The van der Waals surface area contributed by atoms with Gasteiger partial charge in [-0.25, -0.2) is 87.8 Å². The summed E-state index contributed by atoms with van der Waals surface area (Å²) in [5.74, 6) is -71.4. The first-order chi connectivity index (χ1) is 25.5. The van der Waals surface area contributed by atoms with Crippen LogP contribution in [0.5, 0.6) is 0 Å². The van der Waals surface area contributed by atoms with E-state index >= 15 is 35.1 Å². The van der Waals surface area contributed by atoms with E-state index in [0.29, 0.717) is 0 Å². The van der Waals surface area contributed by atoms with Gasteiger partial charge in [0.15, 0.2) is 69.8 Å². The van der Waals surface area contributed by atoms with Crippen LogP contribution in [0.15, 0.2) is 0 Å². The molecule has 0 atom stereocenters. The summed E-state index contributed by atoms with van der Waals surface area (Å²) in [5.41, 5.74) is -14.3. The third-order valence-corrected chi connectivity index (χ3v) is 7.52. The fraction of sp³-hybridized carbons (Fsp3) is 0.250. The SMILES string of the molecule is CCOCC.CCOCC.Fc1c(F)c(F)c([B-](c2c(F)c(F)c(F)c(F)c2F)(c2c(F)c(F)c(F)c(F)c2F)c2c(F)c(F)c(F)c(F)c2F)c(F)c1F.[Li+]. The first-order valence-electron chi connectivity index (χ1n) is 14.9. The van der Waals surface area contributed by atoms with E-state index in [1.54, 1.807) is 0 Å². The maximum Gasteiger partial charge on any atom is 1.00 e. The number of hydrogen-bond acceptors (Lipinski definition) is 2. The second-order valence-corrected chi connectivity index (χ2v) is 10.4. The second kappa shape index (κ2) is 20.0. The van der Waals surface area contributed by atoms with E-state index in [9.17, 15) is 52.7 Å². The second-order valence-electron chi connectivity index (χ2n) is 10.4. The van der Waals surface area contributed by atoms with E-state index < -0.39 is 144 Å². The van der Waals surface area contributed by atoms with Crippen LogP contribution in [0, 0.1) is 116 Å². The molecule has 0 amide bonds. The van der Waals surface area contributed by atoms with E-state index in [0.717, 1.165) is 26.4 Å². The fourth-order valence-corrected chi connectivity index (χ4v) is 5.28. The molecule has 24 heteroatoms. The normalized spacial score (nSPS) is 11.1. The molecule has 56 heavy (non-hydrogen) atoms. The summed E-state index contributed by atoms with van der Waals surface area (Å²) in [4.78, 5) is 0. The van der Waals surface area contributed by atoms with Crippen molar-refractivity contribution < 1.29 is 116 Å². The molecule has 0 radical (unpaired) electrons. The fourth-order valence-electron chi connectivity index (χ4n) is 5.28. The first kappa shape index (κ1) is 50.1. The van der Waals surface area contributed by atoms with Gasteiger partial charge in [-0.15, -0.1) is 21.9 Å². The summed E-state index contributed by atoms with van der Waals surface area (Å²) in [7, 11) is 0. The topological polar surface area (TPSA) is 18.5 Å². The van der Waals surface area contributed by atoms with Crippen LogP contribution in [0.2, 0.25) is 0 Å². The molecular formula is C32H20BF20LiO2. The molecule has 0 aromatic heterocycles. The molecule has 0 unspecified atom stereocenters. The summed E-state index contributed by atoms with van der Waals surface area (Å²) in [6.45, 7) is 11.3. The number of halogens is 20. The summed E-state index contributed by atoms with van der Waals surface area (Å²) in [6.07, 6.45) is -7.22. The van der Waals surface area contributed by atoms with Crippen LogP contribution >= 0.6 is 0 Å². The molecule has 0 spiro atoms. The van der Waals surface area contributed by atoms with E-state index in [1.165, 1.54) is 0 Å². The van der Waals surface area contributed by atoms with Gasteiger partial charge in [0.2, 0.25) is 0 Å². The summed E-state index contributed by atoms with van der Waals surface area (Å²) in [5, 5.41) is 0. The smallest absolute Gasteiger partial charge is 0.382 e. The Balaban J connectivity index is 0.00000127. The average molecular weight is 834 g/mol. The molecule has 304 valence electrons. The summed E-state index contributed by atoms with van der Waals surface area (Å²) < 4.78 is 304. The van der Waals surface area contributed by atoms with Gasteiger partial charge >= 0.3 is 18.9 Å². The predicted molar refractivity (Wildman–Crippen MR) is 154 cm³/mol. The predicted octanol–water partition coefficient (Wildman–Crippen LogP) is 4.94. The Bertz CT molecular complexity index is 1690. The monoisotopic (exact) mass is 834 g/mol. The van der Waals surface area contributed by atoms with E-state index in [1.807, 2.05) is 27.7 Å². The Labute approximate surface area is 314 Å². The Morgan fingerprint density at radius 2 is 0.357 bits per heavy atom. The number of hydrogen-bond donors (Lipinski definition) is 0. The van der Waals surface area contributed by atoms with Crippen molar-refractivity contribution in [3.63, 3.8) is 0 Å². The van der Waals surface area contributed by atoms with Gasteiger partial charge in [-0.05, 0) is 27.7 Å². The van der Waals surface area contributed by atoms with Crippen molar-refractivity contribution in [3.8, 4) is 0 Å². The molecule has 0 N–H and O–H groups in total. The number of ether oxygens (including phenoxy) is 2. The van der Waals surface area contributed by atoms with Crippen LogP contribution in [0.3, 0.4) is 0 Å². The van der Waals surface area contributed by atoms with Crippen molar-refractivity contribution in [1.82, 2.24) is 0 Å². The van der Waals surface area contributed by atoms with E-state index in [2.05, 4.69) is 0 Å². The molecule has 0 bridgehead atoms. The molecular weight excluding hydrogens is 814 g/mol. The molecule has 4 aromatic rings. The van der Waals surface area contributed by atoms with Gasteiger partial charge in [0.05, 0.1) is 0 Å². The quantitative estimate of drug-likeness (QED) is 0.109. The zero-order valence-corrected chi connectivity index (χ0v) is 28.8. The first-order valence-corrected chi connectivity index (χ1v) is 14.9. The van der Waals surface area contributed by atoms with Gasteiger partial charge < -0.3 is 9.47 Å². The summed E-state index contributed by atoms with van der Waals surface area (Å²) in [6, 6.07) is 0. The average Bonchev–Trinajstić information content (AvgIpc) is 3.15. The van der Waals surface area contributed by atoms with Crippen molar-refractivity contribution in [3.05, 3.63) is 116 Å². The molecule has 0 aliphatic rings. The minimum atomic E-state index is -7.22. The van der Waals surface area contributed by atoms with Crippen LogP contribution in [-0.2, 0) is 9.47 Å². The molecule has 2 nitrogen and oxygen atoms in total. The van der Waals surface area contributed by atoms with Gasteiger partial charge in [-0.2, -0.15) is 0 Å². The minimum absolute atomic E-state index is 0. The zero-order chi connectivity index (χ0) is 42.6. The Kier molecular flexibility index (Phi) is 17.9. The molecule has 0 aliphatic heterocycles. The maximum atomic E-state index is 15.4. The standard InChI is InChI=1S/C24BF20.2C4H10O.Li/c26-5-1(6(27)14(35)21(42)13(5)34)25(2-7(28)15(36)22(43)16(37)8(2)29,3-9(30)17(38)23(44)18(39)10(3)31)4-11(32)19(40)24(45)20(41)12(4)33;2*1-3-5-4-2;/h;2*3-4H2,1-2H3;/q-1;;;+1. The number of rotatable bonds is 8. The molecule has 0 saturated carbocycles. The van der Waals surface area contributed by atoms with Crippen molar-refractivity contribution in [2.75, 3.05) is 26.4 Å². The maximum absolute atomic E-state index is 15.4. The van der Waals surface area contributed by atoms with Crippen LogP contribution in [0.1, 0.15) is 27.7 Å². The molecule has 0 aliphatic carbocycles. The van der Waals surface area contributed by atoms with E-state index in [-0.39, 0.29) is 18.9 Å². The Morgan fingerprint density at radius 1 is 0.250 bits per heavy atom. The molecule has 4 aromatic carbocycles.